The van der Waals surface area contributed by atoms with Crippen molar-refractivity contribution in [2.24, 2.45) is 0 Å². The predicted molar refractivity (Wildman–Crippen MR) is 82.0 cm³/mol. The molecule has 2 heterocycles. The molecule has 0 amide bonds. The molecular formula is C15H19N3O3S. The van der Waals surface area contributed by atoms with Gasteiger partial charge in [-0.3, -0.25) is 5.10 Å². The third-order valence-electron chi connectivity index (χ3n) is 3.87. The summed E-state index contributed by atoms with van der Waals surface area (Å²) >= 11 is 0. The highest BCUT2D eigenvalue weighted by molar-refractivity contribution is 7.89. The van der Waals surface area contributed by atoms with E-state index in [1.807, 2.05) is 18.2 Å². The van der Waals surface area contributed by atoms with Crippen LogP contribution in [0.4, 0.5) is 0 Å². The standard InChI is InChI=1S/C15H19N3O3S/c1-10-15(11(2)18-17-10)22(19,20)16-8-14-7-12-5-3-4-6-13(12)9-21-14/h3-6,14,16H,7-9H2,1-2H3,(H,17,18). The van der Waals surface area contributed by atoms with Gasteiger partial charge in [0.15, 0.2) is 0 Å². The van der Waals surface area contributed by atoms with Crippen LogP contribution in [0.15, 0.2) is 29.2 Å². The van der Waals surface area contributed by atoms with Gasteiger partial charge in [0.1, 0.15) is 4.90 Å². The van der Waals surface area contributed by atoms with Gasteiger partial charge in [0, 0.05) is 13.0 Å². The third kappa shape index (κ3) is 2.92. The number of rotatable bonds is 4. The van der Waals surface area contributed by atoms with Crippen LogP contribution < -0.4 is 4.72 Å². The smallest absolute Gasteiger partial charge is 0.244 e. The van der Waals surface area contributed by atoms with Crippen LogP contribution in [0.2, 0.25) is 0 Å². The molecule has 1 aliphatic heterocycles. The van der Waals surface area contributed by atoms with Crippen LogP contribution in [-0.2, 0) is 27.8 Å². The minimum atomic E-state index is -3.58. The van der Waals surface area contributed by atoms with E-state index in [2.05, 4.69) is 21.0 Å². The molecule has 0 fully saturated rings. The Morgan fingerprint density at radius 3 is 2.73 bits per heavy atom. The number of aromatic amines is 1. The molecule has 0 saturated heterocycles. The molecule has 7 heteroatoms. The molecule has 1 atom stereocenters. The second-order valence-corrected chi connectivity index (χ2v) is 7.22. The van der Waals surface area contributed by atoms with Crippen LogP contribution in [0.25, 0.3) is 0 Å². The molecule has 22 heavy (non-hydrogen) atoms. The van der Waals surface area contributed by atoms with E-state index in [0.717, 1.165) is 0 Å². The average Bonchev–Trinajstić information content (AvgIpc) is 2.85. The maximum atomic E-state index is 12.4. The van der Waals surface area contributed by atoms with Crippen molar-refractivity contribution in [3.63, 3.8) is 0 Å². The Kier molecular flexibility index (Phi) is 4.03. The summed E-state index contributed by atoms with van der Waals surface area (Å²) in [7, 11) is -3.58. The fraction of sp³-hybridized carbons (Fsp3) is 0.400. The summed E-state index contributed by atoms with van der Waals surface area (Å²) in [5.41, 5.74) is 3.40. The largest absolute Gasteiger partial charge is 0.372 e. The number of aromatic nitrogens is 2. The van der Waals surface area contributed by atoms with Crippen molar-refractivity contribution < 1.29 is 13.2 Å². The van der Waals surface area contributed by atoms with Gasteiger partial charge in [-0.15, -0.1) is 0 Å². The van der Waals surface area contributed by atoms with Gasteiger partial charge in [0.2, 0.25) is 10.0 Å². The minimum Gasteiger partial charge on any atom is -0.372 e. The van der Waals surface area contributed by atoms with Crippen molar-refractivity contribution in [3.8, 4) is 0 Å². The molecule has 6 nitrogen and oxygen atoms in total. The monoisotopic (exact) mass is 321 g/mol. The zero-order chi connectivity index (χ0) is 15.7. The number of ether oxygens (including phenoxy) is 1. The van der Waals surface area contributed by atoms with Crippen molar-refractivity contribution in [2.75, 3.05) is 6.54 Å². The first-order valence-electron chi connectivity index (χ1n) is 7.17. The second kappa shape index (κ2) is 5.83. The van der Waals surface area contributed by atoms with Crippen LogP contribution in [0, 0.1) is 13.8 Å². The van der Waals surface area contributed by atoms with Crippen LogP contribution in [0.5, 0.6) is 0 Å². The number of nitrogens with zero attached hydrogens (tertiary/aromatic N) is 1. The highest BCUT2D eigenvalue weighted by Gasteiger charge is 2.25. The molecule has 2 N–H and O–H groups in total. The number of sulfonamides is 1. The summed E-state index contributed by atoms with van der Waals surface area (Å²) in [6.07, 6.45) is 0.555. The number of benzene rings is 1. The molecule has 1 aromatic carbocycles. The van der Waals surface area contributed by atoms with Gasteiger partial charge < -0.3 is 4.74 Å². The zero-order valence-corrected chi connectivity index (χ0v) is 13.4. The van der Waals surface area contributed by atoms with E-state index in [-0.39, 0.29) is 17.5 Å². The van der Waals surface area contributed by atoms with Gasteiger partial charge in [-0.1, -0.05) is 24.3 Å². The highest BCUT2D eigenvalue weighted by atomic mass is 32.2. The first kappa shape index (κ1) is 15.2. The van der Waals surface area contributed by atoms with E-state index in [1.165, 1.54) is 11.1 Å². The number of H-pyrrole nitrogens is 1. The van der Waals surface area contributed by atoms with Crippen LogP contribution in [0.3, 0.4) is 0 Å². The van der Waals surface area contributed by atoms with E-state index in [9.17, 15) is 8.42 Å². The van der Waals surface area contributed by atoms with Gasteiger partial charge in [0.05, 0.1) is 24.1 Å². The van der Waals surface area contributed by atoms with Gasteiger partial charge in [-0.05, 0) is 25.0 Å². The Bertz CT molecular complexity index is 764. The van der Waals surface area contributed by atoms with Gasteiger partial charge >= 0.3 is 0 Å². The highest BCUT2D eigenvalue weighted by Crippen LogP contribution is 2.21. The van der Waals surface area contributed by atoms with E-state index < -0.39 is 10.0 Å². The third-order valence-corrected chi connectivity index (χ3v) is 5.56. The van der Waals surface area contributed by atoms with Gasteiger partial charge in [-0.2, -0.15) is 5.10 Å². The summed E-state index contributed by atoms with van der Waals surface area (Å²) in [4.78, 5) is 0.226. The molecule has 118 valence electrons. The molecule has 0 spiro atoms. The lowest BCUT2D eigenvalue weighted by Gasteiger charge is -2.25. The number of fused-ring (bicyclic) bond motifs is 1. The summed E-state index contributed by atoms with van der Waals surface area (Å²) in [6.45, 7) is 4.14. The van der Waals surface area contributed by atoms with E-state index >= 15 is 0 Å². The Labute approximate surface area is 129 Å². The Hall–Kier alpha value is -1.70. The quantitative estimate of drug-likeness (QED) is 0.892. The first-order chi connectivity index (χ1) is 10.5. The minimum absolute atomic E-state index is 0.155. The maximum absolute atomic E-state index is 12.4. The SMILES string of the molecule is Cc1n[nH]c(C)c1S(=O)(=O)NCC1Cc2ccccc2CO1. The summed E-state index contributed by atoms with van der Waals surface area (Å²) in [5.74, 6) is 0. The lowest BCUT2D eigenvalue weighted by Crippen LogP contribution is -2.37. The van der Waals surface area contributed by atoms with E-state index in [4.69, 9.17) is 4.74 Å². The molecule has 0 aliphatic carbocycles. The number of hydrogen-bond donors (Lipinski definition) is 2. The lowest BCUT2D eigenvalue weighted by molar-refractivity contribution is 0.0322. The lowest BCUT2D eigenvalue weighted by atomic mass is 9.99. The number of hydrogen-bond acceptors (Lipinski definition) is 4. The fourth-order valence-corrected chi connectivity index (χ4v) is 4.18. The fourth-order valence-electron chi connectivity index (χ4n) is 2.75. The Morgan fingerprint density at radius 2 is 2.05 bits per heavy atom. The number of aryl methyl sites for hydroxylation is 2. The predicted octanol–water partition coefficient (Wildman–Crippen LogP) is 1.45. The van der Waals surface area contributed by atoms with Crippen molar-refractivity contribution >= 4 is 10.0 Å². The zero-order valence-electron chi connectivity index (χ0n) is 12.6. The second-order valence-electron chi connectivity index (χ2n) is 5.52. The molecule has 2 aromatic rings. The Balaban J connectivity index is 1.69. The van der Waals surface area contributed by atoms with Crippen LogP contribution >= 0.6 is 0 Å². The molecule has 3 rings (SSSR count). The van der Waals surface area contributed by atoms with Crippen molar-refractivity contribution in [2.45, 2.75) is 37.9 Å². The average molecular weight is 321 g/mol. The number of nitrogens with one attached hydrogen (secondary N) is 2. The van der Waals surface area contributed by atoms with Gasteiger partial charge in [-0.25, -0.2) is 13.1 Å². The summed E-state index contributed by atoms with van der Waals surface area (Å²) in [5, 5.41) is 6.63. The topological polar surface area (TPSA) is 84.1 Å². The van der Waals surface area contributed by atoms with Crippen LogP contribution in [-0.4, -0.2) is 31.3 Å². The molecule has 0 saturated carbocycles. The summed E-state index contributed by atoms with van der Waals surface area (Å²) < 4.78 is 33.2. The van der Waals surface area contributed by atoms with Crippen molar-refractivity contribution in [1.29, 1.82) is 0 Å². The normalized spacial score (nSPS) is 18.2. The molecule has 0 radical (unpaired) electrons. The molecule has 1 unspecified atom stereocenters. The van der Waals surface area contributed by atoms with Crippen molar-refractivity contribution in [3.05, 3.63) is 46.8 Å². The molecule has 0 bridgehead atoms. The maximum Gasteiger partial charge on any atom is 0.244 e. The Morgan fingerprint density at radius 1 is 1.32 bits per heavy atom. The first-order valence-corrected chi connectivity index (χ1v) is 8.65. The van der Waals surface area contributed by atoms with E-state index in [0.29, 0.717) is 24.4 Å². The van der Waals surface area contributed by atoms with E-state index in [1.54, 1.807) is 13.8 Å². The van der Waals surface area contributed by atoms with Crippen LogP contribution in [0.1, 0.15) is 22.5 Å². The van der Waals surface area contributed by atoms with Crippen molar-refractivity contribution in [1.82, 2.24) is 14.9 Å². The van der Waals surface area contributed by atoms with Gasteiger partial charge in [0.25, 0.3) is 0 Å². The molecule has 1 aliphatic rings. The molecule has 1 aromatic heterocycles. The summed E-state index contributed by atoms with van der Waals surface area (Å²) in [6, 6.07) is 8.07. The molecular weight excluding hydrogens is 302 g/mol.